The minimum absolute atomic E-state index is 0.241. The van der Waals surface area contributed by atoms with Crippen LogP contribution >= 0.6 is 0 Å². The normalized spacial score (nSPS) is 11.7. The molecule has 3 aromatic rings. The summed E-state index contributed by atoms with van der Waals surface area (Å²) < 4.78 is 15.9. The van der Waals surface area contributed by atoms with Crippen LogP contribution < -0.4 is 14.8 Å². The fourth-order valence-corrected chi connectivity index (χ4v) is 2.91. The average Bonchev–Trinajstić information content (AvgIpc) is 3.09. The third-order valence-electron chi connectivity index (χ3n) is 4.39. The number of hydrogen-bond acceptors (Lipinski definition) is 5. The van der Waals surface area contributed by atoms with Crippen molar-refractivity contribution in [3.63, 3.8) is 0 Å². The van der Waals surface area contributed by atoms with Crippen molar-refractivity contribution in [2.24, 2.45) is 0 Å². The van der Waals surface area contributed by atoms with E-state index in [1.165, 1.54) is 0 Å². The van der Waals surface area contributed by atoms with Crippen molar-refractivity contribution in [1.82, 2.24) is 10.5 Å². The first-order valence-corrected chi connectivity index (χ1v) is 8.59. The molecule has 2 aromatic carbocycles. The maximum absolute atomic E-state index is 12.9. The molecular weight excluding hydrogens is 344 g/mol. The Morgan fingerprint density at radius 3 is 2.44 bits per heavy atom. The van der Waals surface area contributed by atoms with E-state index in [9.17, 15) is 4.79 Å². The first-order chi connectivity index (χ1) is 13.0. The summed E-state index contributed by atoms with van der Waals surface area (Å²) in [5.74, 6) is 1.49. The molecule has 1 aromatic heterocycles. The maximum atomic E-state index is 12.9. The molecule has 1 amide bonds. The fraction of sp³-hybridized carbons (Fsp3) is 0.238. The number of amides is 1. The first-order valence-electron chi connectivity index (χ1n) is 8.59. The van der Waals surface area contributed by atoms with Gasteiger partial charge in [0.25, 0.3) is 5.91 Å². The topological polar surface area (TPSA) is 73.6 Å². The zero-order valence-corrected chi connectivity index (χ0v) is 15.8. The number of nitrogens with zero attached hydrogens (tertiary/aromatic N) is 1. The molecule has 0 aliphatic heterocycles. The molecule has 0 spiro atoms. The van der Waals surface area contributed by atoms with Crippen LogP contribution in [-0.4, -0.2) is 25.3 Å². The Kier molecular flexibility index (Phi) is 5.45. The van der Waals surface area contributed by atoms with Gasteiger partial charge in [-0.05, 0) is 31.5 Å². The van der Waals surface area contributed by atoms with Gasteiger partial charge >= 0.3 is 0 Å². The lowest BCUT2D eigenvalue weighted by Gasteiger charge is -2.16. The van der Waals surface area contributed by atoms with Crippen LogP contribution in [0, 0.1) is 6.92 Å². The largest absolute Gasteiger partial charge is 0.493 e. The minimum Gasteiger partial charge on any atom is -0.493 e. The van der Waals surface area contributed by atoms with E-state index in [1.54, 1.807) is 21.1 Å². The average molecular weight is 366 g/mol. The number of hydrogen-bond donors (Lipinski definition) is 1. The second kappa shape index (κ2) is 7.95. The van der Waals surface area contributed by atoms with Crippen LogP contribution in [0.4, 0.5) is 0 Å². The van der Waals surface area contributed by atoms with Gasteiger partial charge in [-0.3, -0.25) is 4.79 Å². The SMILES string of the molecule is COc1ccc(C(C)NC(=O)c2c(-c3ccccc3)noc2C)cc1OC. The van der Waals surface area contributed by atoms with E-state index >= 15 is 0 Å². The van der Waals surface area contributed by atoms with Gasteiger partial charge in [0.05, 0.1) is 20.3 Å². The zero-order valence-electron chi connectivity index (χ0n) is 15.8. The van der Waals surface area contributed by atoms with E-state index in [1.807, 2.05) is 55.5 Å². The van der Waals surface area contributed by atoms with E-state index in [0.717, 1.165) is 11.1 Å². The quantitative estimate of drug-likeness (QED) is 0.709. The molecule has 1 atom stereocenters. The lowest BCUT2D eigenvalue weighted by Crippen LogP contribution is -2.27. The van der Waals surface area contributed by atoms with Gasteiger partial charge in [0.2, 0.25) is 0 Å². The van der Waals surface area contributed by atoms with Gasteiger partial charge in [0.15, 0.2) is 11.5 Å². The van der Waals surface area contributed by atoms with Gasteiger partial charge < -0.3 is 19.3 Å². The number of rotatable bonds is 6. The Hall–Kier alpha value is -3.28. The highest BCUT2D eigenvalue weighted by molar-refractivity contribution is 6.00. The zero-order chi connectivity index (χ0) is 19.4. The highest BCUT2D eigenvalue weighted by Crippen LogP contribution is 2.30. The minimum atomic E-state index is -0.241. The van der Waals surface area contributed by atoms with Crippen molar-refractivity contribution in [2.45, 2.75) is 19.9 Å². The standard InChI is InChI=1S/C21H22N2O4/c1-13(16-10-11-17(25-3)18(12-16)26-4)22-21(24)19-14(2)27-23-20(19)15-8-6-5-7-9-15/h5-13H,1-4H3,(H,22,24). The Labute approximate surface area is 158 Å². The van der Waals surface area contributed by atoms with Crippen LogP contribution in [0.3, 0.4) is 0 Å². The highest BCUT2D eigenvalue weighted by atomic mass is 16.5. The fourth-order valence-electron chi connectivity index (χ4n) is 2.91. The van der Waals surface area contributed by atoms with Crippen LogP contribution in [0.15, 0.2) is 53.1 Å². The van der Waals surface area contributed by atoms with Gasteiger partial charge in [0, 0.05) is 5.56 Å². The third-order valence-corrected chi connectivity index (χ3v) is 4.39. The van der Waals surface area contributed by atoms with E-state index in [-0.39, 0.29) is 11.9 Å². The molecule has 3 rings (SSSR count). The van der Waals surface area contributed by atoms with Crippen LogP contribution in [0.1, 0.15) is 34.6 Å². The molecule has 1 heterocycles. The van der Waals surface area contributed by atoms with Gasteiger partial charge in [-0.15, -0.1) is 0 Å². The Bertz CT molecular complexity index is 935. The molecule has 0 radical (unpaired) electrons. The first kappa shape index (κ1) is 18.5. The summed E-state index contributed by atoms with van der Waals surface area (Å²) in [5, 5.41) is 7.07. The Balaban J connectivity index is 1.85. The predicted octanol–water partition coefficient (Wildman–Crippen LogP) is 4.16. The van der Waals surface area contributed by atoms with E-state index in [0.29, 0.717) is 28.5 Å². The molecule has 27 heavy (non-hydrogen) atoms. The molecule has 1 unspecified atom stereocenters. The van der Waals surface area contributed by atoms with Crippen molar-refractivity contribution >= 4 is 5.91 Å². The molecule has 0 aliphatic carbocycles. The van der Waals surface area contributed by atoms with Crippen LogP contribution in [0.25, 0.3) is 11.3 Å². The Morgan fingerprint density at radius 2 is 1.78 bits per heavy atom. The summed E-state index contributed by atoms with van der Waals surface area (Å²) in [6.07, 6.45) is 0. The van der Waals surface area contributed by atoms with Gasteiger partial charge in [-0.25, -0.2) is 0 Å². The summed E-state index contributed by atoms with van der Waals surface area (Å²) in [6.45, 7) is 3.64. The lowest BCUT2D eigenvalue weighted by atomic mass is 10.0. The molecule has 0 aliphatic rings. The number of carbonyl (C=O) groups is 1. The number of methoxy groups -OCH3 is 2. The lowest BCUT2D eigenvalue weighted by molar-refractivity contribution is 0.0939. The summed E-state index contributed by atoms with van der Waals surface area (Å²) in [4.78, 5) is 12.9. The van der Waals surface area contributed by atoms with Crippen LogP contribution in [-0.2, 0) is 0 Å². The molecular formula is C21H22N2O4. The highest BCUT2D eigenvalue weighted by Gasteiger charge is 2.23. The molecule has 1 N–H and O–H groups in total. The number of aromatic nitrogens is 1. The molecule has 0 fully saturated rings. The number of aryl methyl sites for hydroxylation is 1. The van der Waals surface area contributed by atoms with Crippen LogP contribution in [0.5, 0.6) is 11.5 Å². The molecule has 0 bridgehead atoms. The predicted molar refractivity (Wildman–Crippen MR) is 102 cm³/mol. The molecule has 140 valence electrons. The molecule has 0 saturated heterocycles. The van der Waals surface area contributed by atoms with Gasteiger partial charge in [-0.1, -0.05) is 41.6 Å². The monoisotopic (exact) mass is 366 g/mol. The Morgan fingerprint density at radius 1 is 1.07 bits per heavy atom. The smallest absolute Gasteiger partial charge is 0.257 e. The molecule has 6 nitrogen and oxygen atoms in total. The maximum Gasteiger partial charge on any atom is 0.257 e. The second-order valence-electron chi connectivity index (χ2n) is 6.14. The number of benzene rings is 2. The van der Waals surface area contributed by atoms with Crippen molar-refractivity contribution in [3.8, 4) is 22.8 Å². The summed E-state index contributed by atoms with van der Waals surface area (Å²) in [7, 11) is 3.17. The third kappa shape index (κ3) is 3.79. The molecule has 0 saturated carbocycles. The number of ether oxygens (including phenoxy) is 2. The van der Waals surface area contributed by atoms with E-state index in [4.69, 9.17) is 14.0 Å². The summed E-state index contributed by atoms with van der Waals surface area (Å²) in [5.41, 5.74) is 2.70. The van der Waals surface area contributed by atoms with Crippen molar-refractivity contribution in [2.75, 3.05) is 14.2 Å². The van der Waals surface area contributed by atoms with Gasteiger partial charge in [0.1, 0.15) is 17.0 Å². The van der Waals surface area contributed by atoms with Gasteiger partial charge in [-0.2, -0.15) is 0 Å². The summed E-state index contributed by atoms with van der Waals surface area (Å²) >= 11 is 0. The van der Waals surface area contributed by atoms with Crippen molar-refractivity contribution < 1.29 is 18.8 Å². The second-order valence-corrected chi connectivity index (χ2v) is 6.14. The van der Waals surface area contributed by atoms with Crippen molar-refractivity contribution in [1.29, 1.82) is 0 Å². The number of carbonyl (C=O) groups excluding carboxylic acids is 1. The molecule has 6 heteroatoms. The van der Waals surface area contributed by atoms with Crippen LogP contribution in [0.2, 0.25) is 0 Å². The van der Waals surface area contributed by atoms with E-state index < -0.39 is 0 Å². The number of nitrogens with one attached hydrogen (secondary N) is 1. The summed E-state index contributed by atoms with van der Waals surface area (Å²) in [6, 6.07) is 14.8. The van der Waals surface area contributed by atoms with Crippen molar-refractivity contribution in [3.05, 3.63) is 65.4 Å². The van der Waals surface area contributed by atoms with E-state index in [2.05, 4.69) is 10.5 Å².